The summed E-state index contributed by atoms with van der Waals surface area (Å²) < 4.78 is 25.5. The van der Waals surface area contributed by atoms with Crippen LogP contribution in [0.4, 0.5) is 8.78 Å². The van der Waals surface area contributed by atoms with Crippen LogP contribution < -0.4 is 0 Å². The highest BCUT2D eigenvalue weighted by molar-refractivity contribution is 5.68. The molecule has 16 heavy (non-hydrogen) atoms. The zero-order chi connectivity index (χ0) is 12.3. The highest BCUT2D eigenvalue weighted by atomic mass is 19.3. The lowest BCUT2D eigenvalue weighted by atomic mass is 9.91. The average molecular weight is 228 g/mol. The third kappa shape index (κ3) is 3.02. The number of carbonyl (C=O) groups is 1. The number of benzene rings is 1. The molecule has 0 amide bonds. The van der Waals surface area contributed by atoms with Crippen molar-refractivity contribution in [2.45, 2.75) is 32.6 Å². The van der Waals surface area contributed by atoms with Crippen LogP contribution >= 0.6 is 0 Å². The van der Waals surface area contributed by atoms with Gasteiger partial charge in [0, 0.05) is 0 Å². The van der Waals surface area contributed by atoms with E-state index in [-0.39, 0.29) is 0 Å². The molecule has 1 unspecified atom stereocenters. The van der Waals surface area contributed by atoms with Crippen molar-refractivity contribution in [1.29, 1.82) is 0 Å². The number of halogens is 2. The van der Waals surface area contributed by atoms with Gasteiger partial charge in [-0.2, -0.15) is 0 Å². The first kappa shape index (κ1) is 12.6. The molecule has 1 rings (SSSR count). The van der Waals surface area contributed by atoms with E-state index < -0.39 is 24.7 Å². The van der Waals surface area contributed by atoms with E-state index in [1.165, 1.54) is 0 Å². The van der Waals surface area contributed by atoms with Crippen LogP contribution in [0.1, 0.15) is 29.0 Å². The Morgan fingerprint density at radius 2 is 2.00 bits per heavy atom. The Morgan fingerprint density at radius 1 is 1.38 bits per heavy atom. The fourth-order valence-electron chi connectivity index (χ4n) is 1.76. The number of rotatable bonds is 4. The number of carboxylic acids is 1. The number of hydrogen-bond donors (Lipinski definition) is 1. The Hall–Kier alpha value is -1.45. The van der Waals surface area contributed by atoms with Gasteiger partial charge in [0.15, 0.2) is 0 Å². The Labute approximate surface area is 92.9 Å². The summed E-state index contributed by atoms with van der Waals surface area (Å²) in [5, 5.41) is 8.61. The van der Waals surface area contributed by atoms with Gasteiger partial charge in [0.2, 0.25) is 6.43 Å². The topological polar surface area (TPSA) is 37.3 Å². The van der Waals surface area contributed by atoms with Crippen LogP contribution in [0.25, 0.3) is 0 Å². The number of hydrogen-bond acceptors (Lipinski definition) is 1. The molecule has 0 bridgehead atoms. The van der Waals surface area contributed by atoms with Crippen LogP contribution in [0, 0.1) is 13.8 Å². The number of alkyl halides is 2. The Bertz CT molecular complexity index is 389. The minimum atomic E-state index is -2.66. The molecular formula is C12H14F2O2. The lowest BCUT2D eigenvalue weighted by Gasteiger charge is -2.17. The third-order valence-electron chi connectivity index (χ3n) is 2.52. The summed E-state index contributed by atoms with van der Waals surface area (Å²) in [6.45, 7) is 3.59. The molecular weight excluding hydrogens is 214 g/mol. The maximum Gasteiger partial charge on any atom is 0.304 e. The molecule has 0 aliphatic carbocycles. The van der Waals surface area contributed by atoms with Crippen LogP contribution in [-0.4, -0.2) is 17.5 Å². The van der Waals surface area contributed by atoms with Gasteiger partial charge in [0.25, 0.3) is 0 Å². The Balaban J connectivity index is 3.05. The normalized spacial score (nSPS) is 12.8. The summed E-state index contributed by atoms with van der Waals surface area (Å²) in [6.07, 6.45) is -3.20. The lowest BCUT2D eigenvalue weighted by Crippen LogP contribution is -2.15. The molecule has 1 atom stereocenters. The average Bonchev–Trinajstić information content (AvgIpc) is 2.14. The first-order chi connectivity index (χ1) is 7.41. The van der Waals surface area contributed by atoms with Crippen LogP contribution in [-0.2, 0) is 4.79 Å². The van der Waals surface area contributed by atoms with Crippen molar-refractivity contribution < 1.29 is 18.7 Å². The maximum atomic E-state index is 12.8. The standard InChI is InChI=1S/C12H14F2O2/c1-7-3-4-9(8(2)5-7)10(12(13)14)6-11(15)16/h3-5,10,12H,6H2,1-2H3,(H,15,16). The second-order valence-corrected chi connectivity index (χ2v) is 3.90. The van der Waals surface area contributed by atoms with E-state index in [1.54, 1.807) is 25.1 Å². The van der Waals surface area contributed by atoms with Gasteiger partial charge in [-0.25, -0.2) is 8.78 Å². The molecule has 0 saturated carbocycles. The van der Waals surface area contributed by atoms with Crippen molar-refractivity contribution in [1.82, 2.24) is 0 Å². The molecule has 1 aromatic carbocycles. The first-order valence-electron chi connectivity index (χ1n) is 4.99. The summed E-state index contributed by atoms with van der Waals surface area (Å²) >= 11 is 0. The van der Waals surface area contributed by atoms with Crippen molar-refractivity contribution in [3.8, 4) is 0 Å². The highest BCUT2D eigenvalue weighted by Gasteiger charge is 2.26. The quantitative estimate of drug-likeness (QED) is 0.859. The molecule has 88 valence electrons. The molecule has 1 N–H and O–H groups in total. The van der Waals surface area contributed by atoms with E-state index in [9.17, 15) is 13.6 Å². The zero-order valence-corrected chi connectivity index (χ0v) is 9.21. The maximum absolute atomic E-state index is 12.8. The fraction of sp³-hybridized carbons (Fsp3) is 0.417. The Morgan fingerprint density at radius 3 is 2.44 bits per heavy atom. The SMILES string of the molecule is Cc1ccc(C(CC(=O)O)C(F)F)c(C)c1. The van der Waals surface area contributed by atoms with Gasteiger partial charge in [-0.05, 0) is 25.0 Å². The van der Waals surface area contributed by atoms with Gasteiger partial charge in [0.1, 0.15) is 0 Å². The van der Waals surface area contributed by atoms with E-state index in [2.05, 4.69) is 0 Å². The monoisotopic (exact) mass is 228 g/mol. The van der Waals surface area contributed by atoms with Gasteiger partial charge >= 0.3 is 5.97 Å². The predicted molar refractivity (Wildman–Crippen MR) is 56.9 cm³/mol. The predicted octanol–water partition coefficient (Wildman–Crippen LogP) is 3.13. The molecule has 0 fully saturated rings. The van der Waals surface area contributed by atoms with Crippen molar-refractivity contribution >= 4 is 5.97 Å². The summed E-state index contributed by atoms with van der Waals surface area (Å²) in [6, 6.07) is 5.09. The lowest BCUT2D eigenvalue weighted by molar-refractivity contribution is -0.138. The molecule has 2 nitrogen and oxygen atoms in total. The van der Waals surface area contributed by atoms with Crippen molar-refractivity contribution in [2.75, 3.05) is 0 Å². The summed E-state index contributed by atoms with van der Waals surface area (Å²) in [5.41, 5.74) is 2.11. The smallest absolute Gasteiger partial charge is 0.304 e. The minimum Gasteiger partial charge on any atom is -0.481 e. The molecule has 0 aromatic heterocycles. The van der Waals surface area contributed by atoms with Gasteiger partial charge in [-0.3, -0.25) is 4.79 Å². The molecule has 0 heterocycles. The summed E-state index contributed by atoms with van der Waals surface area (Å²) in [5.74, 6) is -2.43. The van der Waals surface area contributed by atoms with Crippen LogP contribution in [0.3, 0.4) is 0 Å². The van der Waals surface area contributed by atoms with Crippen molar-refractivity contribution in [3.05, 3.63) is 34.9 Å². The van der Waals surface area contributed by atoms with Crippen LogP contribution in [0.15, 0.2) is 18.2 Å². The number of aryl methyl sites for hydroxylation is 2. The molecule has 4 heteroatoms. The molecule has 0 saturated heterocycles. The van der Waals surface area contributed by atoms with Gasteiger partial charge < -0.3 is 5.11 Å². The minimum absolute atomic E-state index is 0.419. The van der Waals surface area contributed by atoms with E-state index in [0.717, 1.165) is 5.56 Å². The fourth-order valence-corrected chi connectivity index (χ4v) is 1.76. The molecule has 0 radical (unpaired) electrons. The molecule has 0 aliphatic heterocycles. The number of aliphatic carboxylic acids is 1. The van der Waals surface area contributed by atoms with Gasteiger partial charge in [-0.1, -0.05) is 23.8 Å². The largest absolute Gasteiger partial charge is 0.481 e. The second kappa shape index (κ2) is 5.05. The van der Waals surface area contributed by atoms with E-state index in [4.69, 9.17) is 5.11 Å². The third-order valence-corrected chi connectivity index (χ3v) is 2.52. The molecule has 1 aromatic rings. The first-order valence-corrected chi connectivity index (χ1v) is 4.99. The Kier molecular flexibility index (Phi) is 3.99. The van der Waals surface area contributed by atoms with Crippen molar-refractivity contribution in [2.24, 2.45) is 0 Å². The van der Waals surface area contributed by atoms with Gasteiger partial charge in [-0.15, -0.1) is 0 Å². The second-order valence-electron chi connectivity index (χ2n) is 3.90. The van der Waals surface area contributed by atoms with E-state index >= 15 is 0 Å². The molecule has 0 spiro atoms. The van der Waals surface area contributed by atoms with Crippen LogP contribution in [0.2, 0.25) is 0 Å². The summed E-state index contributed by atoms with van der Waals surface area (Å²) in [7, 11) is 0. The van der Waals surface area contributed by atoms with Crippen LogP contribution in [0.5, 0.6) is 0 Å². The molecule has 0 aliphatic rings. The van der Waals surface area contributed by atoms with Gasteiger partial charge in [0.05, 0.1) is 12.3 Å². The number of carboxylic acid groups (broad SMARTS) is 1. The zero-order valence-electron chi connectivity index (χ0n) is 9.21. The summed E-state index contributed by atoms with van der Waals surface area (Å²) in [4.78, 5) is 10.5. The van der Waals surface area contributed by atoms with Crippen molar-refractivity contribution in [3.63, 3.8) is 0 Å². The van der Waals surface area contributed by atoms with E-state index in [0.29, 0.717) is 11.1 Å². The highest BCUT2D eigenvalue weighted by Crippen LogP contribution is 2.29. The van der Waals surface area contributed by atoms with E-state index in [1.807, 2.05) is 6.92 Å².